The Morgan fingerprint density at radius 1 is 0.388 bits per heavy atom. The zero-order valence-electron chi connectivity index (χ0n) is 27.2. The normalized spacial score (nSPS) is 13.1. The molecule has 9 rings (SSSR count). The quantitative estimate of drug-likeness (QED) is 0.166. The lowest BCUT2D eigenvalue weighted by molar-refractivity contribution is 0.697. The van der Waals surface area contributed by atoms with Crippen LogP contribution < -0.4 is 4.90 Å². The molecule has 1 atom stereocenters. The van der Waals surface area contributed by atoms with E-state index in [0.29, 0.717) is 0 Å². The van der Waals surface area contributed by atoms with Gasteiger partial charge in [-0.2, -0.15) is 0 Å². The van der Waals surface area contributed by atoms with E-state index in [9.17, 15) is 0 Å². The molecule has 0 fully saturated rings. The summed E-state index contributed by atoms with van der Waals surface area (Å²) < 4.78 is 0. The molecule has 0 bridgehead atoms. The molecule has 1 aliphatic carbocycles. The smallest absolute Gasteiger partial charge is 0.0468 e. The van der Waals surface area contributed by atoms with Gasteiger partial charge < -0.3 is 4.90 Å². The van der Waals surface area contributed by atoms with Crippen molar-refractivity contribution in [3.8, 4) is 0 Å². The molecule has 1 heteroatoms. The molecule has 0 radical (unpaired) electrons. The highest BCUT2D eigenvalue weighted by molar-refractivity contribution is 6.10. The predicted molar refractivity (Wildman–Crippen MR) is 208 cm³/mol. The van der Waals surface area contributed by atoms with Crippen molar-refractivity contribution in [3.63, 3.8) is 0 Å². The van der Waals surface area contributed by atoms with E-state index in [1.54, 1.807) is 0 Å². The van der Waals surface area contributed by atoms with Crippen LogP contribution in [-0.2, 0) is 0 Å². The van der Waals surface area contributed by atoms with Crippen molar-refractivity contribution in [2.75, 3.05) is 4.90 Å². The first-order valence-corrected chi connectivity index (χ1v) is 17.1. The first-order valence-electron chi connectivity index (χ1n) is 17.1. The molecule has 1 nitrogen and oxygen atoms in total. The molecule has 0 N–H and O–H groups in total. The molecule has 49 heavy (non-hydrogen) atoms. The van der Waals surface area contributed by atoms with Crippen LogP contribution in [0.25, 0.3) is 33.7 Å². The molecule has 0 saturated carbocycles. The number of benzene rings is 8. The minimum atomic E-state index is 0.107. The van der Waals surface area contributed by atoms with E-state index in [2.05, 4.69) is 205 Å². The first-order chi connectivity index (χ1) is 24.3. The molecule has 0 saturated heterocycles. The van der Waals surface area contributed by atoms with Crippen molar-refractivity contribution in [2.24, 2.45) is 0 Å². The van der Waals surface area contributed by atoms with Gasteiger partial charge in [0.25, 0.3) is 0 Å². The van der Waals surface area contributed by atoms with Crippen molar-refractivity contribution in [2.45, 2.75) is 11.8 Å². The van der Waals surface area contributed by atoms with Crippen molar-refractivity contribution in [1.82, 2.24) is 0 Å². The third-order valence-electron chi connectivity index (χ3n) is 10.1. The lowest BCUT2D eigenvalue weighted by Gasteiger charge is -2.31. The van der Waals surface area contributed by atoms with Gasteiger partial charge in [-0.3, -0.25) is 0 Å². The van der Waals surface area contributed by atoms with E-state index >= 15 is 0 Å². The van der Waals surface area contributed by atoms with E-state index < -0.39 is 0 Å². The summed E-state index contributed by atoms with van der Waals surface area (Å²) in [6, 6.07) is 68.7. The number of nitrogens with zero attached hydrogens (tertiary/aromatic N) is 1. The maximum Gasteiger partial charge on any atom is 0.0468 e. The minimum absolute atomic E-state index is 0.107. The van der Waals surface area contributed by atoms with E-state index in [4.69, 9.17) is 0 Å². The molecule has 0 spiro atoms. The number of rotatable bonds is 6. The third-order valence-corrected chi connectivity index (χ3v) is 10.1. The molecule has 232 valence electrons. The summed E-state index contributed by atoms with van der Waals surface area (Å²) in [6.07, 6.45) is 4.58. The van der Waals surface area contributed by atoms with Crippen LogP contribution in [0.4, 0.5) is 17.1 Å². The predicted octanol–water partition coefficient (Wildman–Crippen LogP) is 12.9. The summed E-state index contributed by atoms with van der Waals surface area (Å²) in [7, 11) is 0. The molecule has 0 aliphatic heterocycles. The summed E-state index contributed by atoms with van der Waals surface area (Å²) in [6.45, 7) is 0. The first kappa shape index (κ1) is 29.0. The van der Waals surface area contributed by atoms with Gasteiger partial charge in [0.1, 0.15) is 0 Å². The third kappa shape index (κ3) is 5.21. The summed E-state index contributed by atoms with van der Waals surface area (Å²) in [5.41, 5.74) is 11.4. The Balaban J connectivity index is 1.24. The minimum Gasteiger partial charge on any atom is -0.310 e. The van der Waals surface area contributed by atoms with Gasteiger partial charge in [0, 0.05) is 28.9 Å². The average molecular weight is 626 g/mol. The van der Waals surface area contributed by atoms with E-state index in [1.165, 1.54) is 54.9 Å². The second-order valence-corrected chi connectivity index (χ2v) is 12.9. The fourth-order valence-corrected chi connectivity index (χ4v) is 7.93. The zero-order chi connectivity index (χ0) is 32.6. The molecule has 0 aromatic heterocycles. The second-order valence-electron chi connectivity index (χ2n) is 12.9. The second kappa shape index (κ2) is 12.4. The highest BCUT2D eigenvalue weighted by Gasteiger charge is 2.32. The molecule has 1 unspecified atom stereocenters. The molecule has 0 amide bonds. The monoisotopic (exact) mass is 625 g/mol. The van der Waals surface area contributed by atoms with Gasteiger partial charge in [-0.15, -0.1) is 0 Å². The van der Waals surface area contributed by atoms with Crippen LogP contribution in [0, 0.1) is 0 Å². The largest absolute Gasteiger partial charge is 0.310 e. The van der Waals surface area contributed by atoms with Crippen molar-refractivity contribution >= 4 is 50.8 Å². The number of hydrogen-bond donors (Lipinski definition) is 0. The van der Waals surface area contributed by atoms with Crippen LogP contribution in [0.15, 0.2) is 188 Å². The van der Waals surface area contributed by atoms with Gasteiger partial charge in [-0.05, 0) is 91.3 Å². The summed E-state index contributed by atoms with van der Waals surface area (Å²) in [5.74, 6) is 0.245. The molecule has 8 aromatic carbocycles. The van der Waals surface area contributed by atoms with Gasteiger partial charge in [0.2, 0.25) is 0 Å². The van der Waals surface area contributed by atoms with Crippen LogP contribution in [0.5, 0.6) is 0 Å². The summed E-state index contributed by atoms with van der Waals surface area (Å²) in [5, 5.41) is 5.07. The van der Waals surface area contributed by atoms with Gasteiger partial charge in [0.15, 0.2) is 0 Å². The Labute approximate surface area is 288 Å². The Bertz CT molecular complexity index is 2360. The zero-order valence-corrected chi connectivity index (χ0v) is 27.2. The molecular formula is C48H35N. The van der Waals surface area contributed by atoms with E-state index in [1.807, 2.05) is 0 Å². The SMILES string of the molecule is C1=Cc2ccccc2C(C(c2ccccc2)c2cccc3c2ccc2cc(N(c4ccccc4)c4ccccc4)ccc23)c2ccccc21. The maximum atomic E-state index is 2.36. The van der Waals surface area contributed by atoms with Crippen molar-refractivity contribution in [3.05, 3.63) is 221 Å². The van der Waals surface area contributed by atoms with Gasteiger partial charge >= 0.3 is 0 Å². The van der Waals surface area contributed by atoms with Gasteiger partial charge in [-0.1, -0.05) is 164 Å². The van der Waals surface area contributed by atoms with Crippen LogP contribution in [-0.4, -0.2) is 0 Å². The molecule has 1 aliphatic rings. The van der Waals surface area contributed by atoms with Gasteiger partial charge in [0.05, 0.1) is 0 Å². The van der Waals surface area contributed by atoms with Crippen LogP contribution in [0.3, 0.4) is 0 Å². The van der Waals surface area contributed by atoms with Gasteiger partial charge in [-0.25, -0.2) is 0 Å². The van der Waals surface area contributed by atoms with E-state index in [-0.39, 0.29) is 11.8 Å². The average Bonchev–Trinajstić information content (AvgIpc) is 3.33. The Morgan fingerprint density at radius 2 is 0.939 bits per heavy atom. The number of para-hydroxylation sites is 2. The lowest BCUT2D eigenvalue weighted by atomic mass is 9.71. The lowest BCUT2D eigenvalue weighted by Crippen LogP contribution is -2.16. The van der Waals surface area contributed by atoms with Crippen molar-refractivity contribution in [1.29, 1.82) is 0 Å². The van der Waals surface area contributed by atoms with Crippen LogP contribution in [0.1, 0.15) is 45.2 Å². The molecule has 0 heterocycles. The maximum absolute atomic E-state index is 2.36. The number of hydrogen-bond acceptors (Lipinski definition) is 1. The van der Waals surface area contributed by atoms with Crippen molar-refractivity contribution < 1.29 is 0 Å². The Kier molecular flexibility index (Phi) is 7.37. The highest BCUT2D eigenvalue weighted by Crippen LogP contribution is 2.49. The highest BCUT2D eigenvalue weighted by atomic mass is 15.1. The van der Waals surface area contributed by atoms with E-state index in [0.717, 1.165) is 17.1 Å². The number of fused-ring (bicyclic) bond motifs is 5. The topological polar surface area (TPSA) is 3.24 Å². The molecular weight excluding hydrogens is 591 g/mol. The summed E-state index contributed by atoms with van der Waals surface area (Å²) in [4.78, 5) is 2.33. The fourth-order valence-electron chi connectivity index (χ4n) is 7.93. The summed E-state index contributed by atoms with van der Waals surface area (Å²) >= 11 is 0. The fraction of sp³-hybridized carbons (Fsp3) is 0.0417. The number of anilines is 3. The van der Waals surface area contributed by atoms with Crippen LogP contribution >= 0.6 is 0 Å². The standard InChI is InChI=1S/C48H35N/c1-4-17-36(18-5-1)47(48-42-23-12-10-15-34(42)27-28-35-16-11-13-24-43(35)48)46-26-14-25-44-41-32-30-40(33-37(41)29-31-45(44)46)49(38-19-6-2-7-20-38)39-21-8-3-9-22-39/h1-33,47-48H. The Morgan fingerprint density at radius 3 is 1.57 bits per heavy atom. The Hall–Kier alpha value is -6.18. The van der Waals surface area contributed by atoms with Crippen LogP contribution in [0.2, 0.25) is 0 Å². The molecule has 8 aromatic rings.